The lowest BCUT2D eigenvalue weighted by Gasteiger charge is -2.50. The molecule has 3 aliphatic rings. The number of hydrogen-bond acceptors (Lipinski definition) is 25. The monoisotopic (exact) mass is 1490 g/mol. The fraction of sp³-hybridized carbons (Fsp3) is 0.247. The Kier molecular flexibility index (Phi) is 25.5. The first kappa shape index (κ1) is 75.3. The largest absolute Gasteiger partial charge is 0.459 e. The molecule has 25 nitrogen and oxygen atoms in total. The molecule has 0 saturated carbocycles. The Labute approximate surface area is 614 Å². The second kappa shape index (κ2) is 35.5. The maximum atomic E-state index is 15.0. The Morgan fingerprint density at radius 2 is 0.619 bits per heavy atom. The lowest BCUT2D eigenvalue weighted by atomic mass is 9.95. The van der Waals surface area contributed by atoms with Crippen LogP contribution in [0.3, 0.4) is 0 Å². The molecule has 3 aliphatic heterocycles. The maximum absolute atomic E-state index is 15.0. The first-order valence-corrected chi connectivity index (χ1v) is 33.6. The van der Waals surface area contributed by atoms with Crippen molar-refractivity contribution in [3.05, 3.63) is 287 Å². The molecule has 0 bridgehead atoms. The average molecular weight is 1490 g/mol. The number of halogens is 3. The standard InChI is InChI=1S/C77H64Cl3NO24/c1-45(82)94-63-60(101-71(89)52-38-22-8-23-39-52)57(98-68(86)49-32-16-5-17-33-49)55(42-91-65(83)46-26-10-2-11-27-46)96-74(63)103-61-58(99-69(87)50-34-18-6-19-35-50)56(43-92-66(84)47-28-12-3-13-29-47)97-75(105-76(81)77(78,79)80)64(61)104-73-62(102-72(90)53-40-24-9-25-41-53)59(100-70(88)51-36-20-7-21-37-51)54(44-93-73)95-67(85)48-30-14-4-15-31-48/h2-41,54-64,73-75,81H,42-44H2,1H3/t54-,55-,56-,57-,58-,59+,60+,61+,62-,63+,64+,73+,74-,75-/m1/s1. The van der Waals surface area contributed by atoms with Gasteiger partial charge in [0.15, 0.2) is 61.4 Å². The number of ether oxygens (including phenoxy) is 15. The van der Waals surface area contributed by atoms with Gasteiger partial charge in [-0.2, -0.15) is 0 Å². The Hall–Kier alpha value is -10.9. The molecular weight excluding hydrogens is 1430 g/mol. The van der Waals surface area contributed by atoms with E-state index in [0.717, 1.165) is 6.92 Å². The number of rotatable bonds is 24. The molecule has 28 heteroatoms. The van der Waals surface area contributed by atoms with E-state index >= 15 is 4.79 Å². The SMILES string of the molecule is CC(=O)O[C@@H]1[C@@H](O[C@@H]2[C@H](O[C@@H]3OC[C@@H](OC(=O)c4ccccc4)[C@H](OC(=O)c4ccccc4)[C@H]3OC(=O)c3ccccc3)[C@@H](OC(=N)C(Cl)(Cl)Cl)O[C@H](COC(=O)c3ccccc3)[C@H]2OC(=O)c2ccccc2)O[C@H](COC(=O)c2ccccc2)[C@@H](OC(=O)c2ccccc2)[C@@H]1OC(=O)c1ccccc1. The zero-order valence-electron chi connectivity index (χ0n) is 55.2. The Morgan fingerprint density at radius 1 is 0.333 bits per heavy atom. The highest BCUT2D eigenvalue weighted by molar-refractivity contribution is 6.76. The van der Waals surface area contributed by atoms with E-state index in [9.17, 15) is 38.4 Å². The highest BCUT2D eigenvalue weighted by Crippen LogP contribution is 2.40. The van der Waals surface area contributed by atoms with Crippen LogP contribution in [0.4, 0.5) is 0 Å². The van der Waals surface area contributed by atoms with E-state index < -0.39 is 169 Å². The van der Waals surface area contributed by atoms with Crippen molar-refractivity contribution in [1.29, 1.82) is 5.41 Å². The van der Waals surface area contributed by atoms with Crippen molar-refractivity contribution >= 4 is 94.4 Å². The summed E-state index contributed by atoms with van der Waals surface area (Å²) in [5, 5.41) is 9.11. The van der Waals surface area contributed by atoms with Gasteiger partial charge in [-0.05, 0) is 97.1 Å². The Morgan fingerprint density at radius 3 is 0.971 bits per heavy atom. The van der Waals surface area contributed by atoms with Crippen molar-refractivity contribution in [3.63, 3.8) is 0 Å². The average Bonchev–Trinajstić information content (AvgIpc) is 0.746. The van der Waals surface area contributed by atoms with Crippen molar-refractivity contribution in [2.45, 2.75) is 96.7 Å². The van der Waals surface area contributed by atoms with Crippen molar-refractivity contribution in [2.75, 3.05) is 19.8 Å². The predicted molar refractivity (Wildman–Crippen MR) is 369 cm³/mol. The molecule has 0 amide bonds. The molecule has 1 N–H and O–H groups in total. The highest BCUT2D eigenvalue weighted by Gasteiger charge is 2.60. The number of esters is 9. The van der Waals surface area contributed by atoms with Crippen LogP contribution in [0.5, 0.6) is 0 Å². The minimum Gasteiger partial charge on any atom is -0.459 e. The lowest BCUT2D eigenvalue weighted by molar-refractivity contribution is -0.378. The molecule has 0 radical (unpaired) electrons. The minimum absolute atomic E-state index is 0.0178. The summed E-state index contributed by atoms with van der Waals surface area (Å²) in [7, 11) is 0. The van der Waals surface area contributed by atoms with Crippen molar-refractivity contribution in [1.82, 2.24) is 0 Å². The molecular formula is C77H64Cl3NO24. The zero-order chi connectivity index (χ0) is 74.0. The second-order valence-corrected chi connectivity index (χ2v) is 25.7. The van der Waals surface area contributed by atoms with Gasteiger partial charge in [0.05, 0.1) is 51.1 Å². The van der Waals surface area contributed by atoms with Gasteiger partial charge in [0.1, 0.15) is 31.5 Å². The molecule has 542 valence electrons. The first-order valence-electron chi connectivity index (χ1n) is 32.5. The van der Waals surface area contributed by atoms with E-state index in [1.165, 1.54) is 158 Å². The minimum atomic E-state index is -2.77. The van der Waals surface area contributed by atoms with Crippen LogP contribution in [-0.4, -0.2) is 169 Å². The van der Waals surface area contributed by atoms with Crippen LogP contribution in [0, 0.1) is 5.41 Å². The molecule has 0 unspecified atom stereocenters. The fourth-order valence-corrected chi connectivity index (χ4v) is 11.4. The van der Waals surface area contributed by atoms with Crippen molar-refractivity contribution in [3.8, 4) is 0 Å². The summed E-state index contributed by atoms with van der Waals surface area (Å²) in [6.07, 6.45) is -29.2. The molecule has 8 aromatic carbocycles. The van der Waals surface area contributed by atoms with E-state index in [1.807, 2.05) is 0 Å². The van der Waals surface area contributed by atoms with E-state index in [-0.39, 0.29) is 44.5 Å². The van der Waals surface area contributed by atoms with Crippen LogP contribution in [0.1, 0.15) is 89.8 Å². The first-order chi connectivity index (χ1) is 50.8. The Balaban J connectivity index is 1.10. The second-order valence-electron chi connectivity index (χ2n) is 23.4. The predicted octanol–water partition coefficient (Wildman–Crippen LogP) is 10.9. The molecule has 105 heavy (non-hydrogen) atoms. The number of hydrogen-bond donors (Lipinski definition) is 1. The van der Waals surface area contributed by atoms with Gasteiger partial charge in [0.2, 0.25) is 12.2 Å². The van der Waals surface area contributed by atoms with Crippen molar-refractivity contribution in [2.24, 2.45) is 0 Å². The summed E-state index contributed by atoms with van der Waals surface area (Å²) < 4.78 is 92.9. The maximum Gasteiger partial charge on any atom is 0.338 e. The van der Waals surface area contributed by atoms with Crippen LogP contribution in [0.2, 0.25) is 0 Å². The van der Waals surface area contributed by atoms with Crippen LogP contribution in [0.15, 0.2) is 243 Å². The summed E-state index contributed by atoms with van der Waals surface area (Å²) in [5.41, 5.74) is -0.278. The highest BCUT2D eigenvalue weighted by atomic mass is 35.6. The normalized spacial score (nSPS) is 23.4. The number of nitrogens with one attached hydrogen (secondary N) is 1. The van der Waals surface area contributed by atoms with Gasteiger partial charge in [-0.1, -0.05) is 180 Å². The third-order valence-corrected chi connectivity index (χ3v) is 16.8. The van der Waals surface area contributed by atoms with Crippen LogP contribution in [0.25, 0.3) is 0 Å². The summed E-state index contributed by atoms with van der Waals surface area (Å²) in [4.78, 5) is 130. The van der Waals surface area contributed by atoms with Gasteiger partial charge in [-0.15, -0.1) is 0 Å². The molecule has 0 aliphatic carbocycles. The summed E-state index contributed by atoms with van der Waals surface area (Å²) in [6.45, 7) is -1.62. The summed E-state index contributed by atoms with van der Waals surface area (Å²) in [5.74, 6) is -10.7. The molecule has 3 heterocycles. The van der Waals surface area contributed by atoms with Crippen molar-refractivity contribution < 1.29 is 114 Å². The molecule has 14 atom stereocenters. The van der Waals surface area contributed by atoms with Gasteiger partial charge >= 0.3 is 53.7 Å². The molecule has 0 spiro atoms. The van der Waals surface area contributed by atoms with Crippen LogP contribution in [-0.2, 0) is 75.8 Å². The summed E-state index contributed by atoms with van der Waals surface area (Å²) in [6, 6.07) is 60.1. The third kappa shape index (κ3) is 19.7. The van der Waals surface area contributed by atoms with Gasteiger partial charge in [0.25, 0.3) is 3.79 Å². The van der Waals surface area contributed by atoms with Crippen LogP contribution < -0.4 is 0 Å². The topological polar surface area (TPSA) is 316 Å². The number of carbonyl (C=O) groups excluding carboxylic acids is 9. The fourth-order valence-electron chi connectivity index (χ4n) is 11.2. The third-order valence-electron chi connectivity index (χ3n) is 16.2. The van der Waals surface area contributed by atoms with Gasteiger partial charge in [0, 0.05) is 6.92 Å². The zero-order valence-corrected chi connectivity index (χ0v) is 57.5. The van der Waals surface area contributed by atoms with E-state index in [0.29, 0.717) is 0 Å². The summed E-state index contributed by atoms with van der Waals surface area (Å²) >= 11 is 19.2. The molecule has 3 saturated heterocycles. The van der Waals surface area contributed by atoms with Gasteiger partial charge < -0.3 is 71.1 Å². The van der Waals surface area contributed by atoms with E-state index in [2.05, 4.69) is 0 Å². The molecule has 3 fully saturated rings. The molecule has 8 aromatic rings. The van der Waals surface area contributed by atoms with Gasteiger partial charge in [-0.25, -0.2) is 38.4 Å². The Bertz CT molecular complexity index is 4310. The number of alkyl halides is 3. The molecule has 0 aromatic heterocycles. The number of benzene rings is 8. The molecule has 11 rings (SSSR count). The van der Waals surface area contributed by atoms with Crippen LogP contribution >= 0.6 is 34.8 Å². The quantitative estimate of drug-likeness (QED) is 0.0193. The van der Waals surface area contributed by atoms with E-state index in [4.69, 9.17) is 111 Å². The van der Waals surface area contributed by atoms with Gasteiger partial charge in [-0.3, -0.25) is 10.2 Å². The number of carbonyl (C=O) groups is 9. The van der Waals surface area contributed by atoms with E-state index in [1.54, 1.807) is 84.9 Å². The lowest BCUT2D eigenvalue weighted by Crippen LogP contribution is -2.68. The smallest absolute Gasteiger partial charge is 0.338 e.